The lowest BCUT2D eigenvalue weighted by atomic mass is 10.2. The maximum atomic E-state index is 5.72. The average molecular weight is 279 g/mol. The number of pyridine rings is 1. The van der Waals surface area contributed by atoms with Crippen LogP contribution in [0.15, 0.2) is 60.9 Å². The summed E-state index contributed by atoms with van der Waals surface area (Å²) in [5.74, 6) is 0.762. The van der Waals surface area contributed by atoms with Crippen molar-refractivity contribution >= 4 is 0 Å². The largest absolute Gasteiger partial charge is 0.487 e. The van der Waals surface area contributed by atoms with Crippen LogP contribution in [0.5, 0.6) is 5.75 Å². The number of ether oxygens (including phenoxy) is 1. The van der Waals surface area contributed by atoms with Crippen molar-refractivity contribution in [3.63, 3.8) is 0 Å². The van der Waals surface area contributed by atoms with Crippen molar-refractivity contribution in [3.8, 4) is 17.1 Å². The molecular weight excluding hydrogens is 262 g/mol. The van der Waals surface area contributed by atoms with Gasteiger partial charge in [0.25, 0.3) is 0 Å². The van der Waals surface area contributed by atoms with Crippen molar-refractivity contribution in [1.29, 1.82) is 0 Å². The predicted molar refractivity (Wildman–Crippen MR) is 81.9 cm³/mol. The van der Waals surface area contributed by atoms with E-state index in [4.69, 9.17) is 4.74 Å². The van der Waals surface area contributed by atoms with Gasteiger partial charge in [-0.1, -0.05) is 30.3 Å². The molecule has 0 atom stereocenters. The molecular formula is C17H17N3O. The maximum Gasteiger partial charge on any atom is 0.138 e. The van der Waals surface area contributed by atoms with Crippen molar-refractivity contribution in [2.75, 3.05) is 0 Å². The molecule has 1 aromatic carbocycles. The minimum atomic E-state index is 0.548. The zero-order chi connectivity index (χ0) is 14.5. The lowest BCUT2D eigenvalue weighted by molar-refractivity contribution is 0.305. The van der Waals surface area contributed by atoms with Gasteiger partial charge in [0.1, 0.15) is 18.1 Å². The second-order valence-electron chi connectivity index (χ2n) is 4.71. The first kappa shape index (κ1) is 13.4. The van der Waals surface area contributed by atoms with E-state index in [1.165, 1.54) is 0 Å². The maximum absolute atomic E-state index is 5.72. The molecule has 0 radical (unpaired) electrons. The van der Waals surface area contributed by atoms with Crippen LogP contribution in [-0.2, 0) is 13.2 Å². The van der Waals surface area contributed by atoms with E-state index in [-0.39, 0.29) is 0 Å². The molecule has 0 unspecified atom stereocenters. The number of aryl methyl sites for hydroxylation is 1. The standard InChI is InChI=1S/C17H17N3O/c1-2-20-11-10-17(19-20)16-9-8-15(12-18-16)21-13-14-6-4-3-5-7-14/h3-12H,2,13H2,1H3. The quantitative estimate of drug-likeness (QED) is 0.717. The fourth-order valence-electron chi connectivity index (χ4n) is 2.03. The van der Waals surface area contributed by atoms with E-state index in [0.29, 0.717) is 6.61 Å². The molecule has 4 nitrogen and oxygen atoms in total. The highest BCUT2D eigenvalue weighted by molar-refractivity contribution is 5.53. The van der Waals surface area contributed by atoms with Crippen LogP contribution in [0.4, 0.5) is 0 Å². The molecule has 0 N–H and O–H groups in total. The first-order chi connectivity index (χ1) is 10.3. The third-order valence-corrected chi connectivity index (χ3v) is 3.21. The molecule has 3 rings (SSSR count). The molecule has 0 fully saturated rings. The lowest BCUT2D eigenvalue weighted by Gasteiger charge is -2.06. The smallest absolute Gasteiger partial charge is 0.138 e. The van der Waals surface area contributed by atoms with Crippen LogP contribution in [0.2, 0.25) is 0 Å². The Hall–Kier alpha value is -2.62. The van der Waals surface area contributed by atoms with E-state index in [9.17, 15) is 0 Å². The van der Waals surface area contributed by atoms with E-state index in [1.807, 2.05) is 59.4 Å². The first-order valence-electron chi connectivity index (χ1n) is 7.02. The van der Waals surface area contributed by atoms with Gasteiger partial charge in [0.2, 0.25) is 0 Å². The number of aromatic nitrogens is 3. The second-order valence-corrected chi connectivity index (χ2v) is 4.71. The summed E-state index contributed by atoms with van der Waals surface area (Å²) in [6.07, 6.45) is 3.69. The van der Waals surface area contributed by atoms with Gasteiger partial charge in [-0.25, -0.2) is 0 Å². The summed E-state index contributed by atoms with van der Waals surface area (Å²) >= 11 is 0. The summed E-state index contributed by atoms with van der Waals surface area (Å²) in [5.41, 5.74) is 2.88. The Bertz CT molecular complexity index is 690. The van der Waals surface area contributed by atoms with E-state index in [1.54, 1.807) is 6.20 Å². The molecule has 0 aliphatic carbocycles. The van der Waals surface area contributed by atoms with Crippen molar-refractivity contribution in [3.05, 3.63) is 66.5 Å². The lowest BCUT2D eigenvalue weighted by Crippen LogP contribution is -1.96. The van der Waals surface area contributed by atoms with E-state index < -0.39 is 0 Å². The van der Waals surface area contributed by atoms with Crippen LogP contribution in [0.3, 0.4) is 0 Å². The van der Waals surface area contributed by atoms with Gasteiger partial charge in [-0.3, -0.25) is 9.67 Å². The molecule has 4 heteroatoms. The molecule has 0 amide bonds. The Kier molecular flexibility index (Phi) is 3.96. The average Bonchev–Trinajstić information content (AvgIpc) is 3.03. The molecule has 2 heterocycles. The van der Waals surface area contributed by atoms with Gasteiger partial charge in [0.15, 0.2) is 0 Å². The van der Waals surface area contributed by atoms with Crippen molar-refractivity contribution < 1.29 is 4.74 Å². The fourth-order valence-corrected chi connectivity index (χ4v) is 2.03. The summed E-state index contributed by atoms with van der Waals surface area (Å²) in [5, 5.41) is 4.44. The van der Waals surface area contributed by atoms with E-state index in [2.05, 4.69) is 17.0 Å². The zero-order valence-electron chi connectivity index (χ0n) is 11.9. The molecule has 0 saturated heterocycles. The highest BCUT2D eigenvalue weighted by atomic mass is 16.5. The highest BCUT2D eigenvalue weighted by Crippen LogP contribution is 2.18. The normalized spacial score (nSPS) is 10.5. The van der Waals surface area contributed by atoms with Crippen LogP contribution in [0.1, 0.15) is 12.5 Å². The Morgan fingerprint density at radius 2 is 1.86 bits per heavy atom. The Morgan fingerprint density at radius 3 is 2.52 bits per heavy atom. The SMILES string of the molecule is CCn1ccc(-c2ccc(OCc3ccccc3)cn2)n1. The van der Waals surface area contributed by atoms with Gasteiger partial charge < -0.3 is 4.74 Å². The third kappa shape index (κ3) is 3.28. The van der Waals surface area contributed by atoms with Gasteiger partial charge in [-0.15, -0.1) is 0 Å². The topological polar surface area (TPSA) is 39.9 Å². The minimum Gasteiger partial charge on any atom is -0.487 e. The zero-order valence-corrected chi connectivity index (χ0v) is 11.9. The minimum absolute atomic E-state index is 0.548. The summed E-state index contributed by atoms with van der Waals surface area (Å²) in [6.45, 7) is 3.47. The molecule has 2 aromatic heterocycles. The molecule has 21 heavy (non-hydrogen) atoms. The van der Waals surface area contributed by atoms with Crippen molar-refractivity contribution in [1.82, 2.24) is 14.8 Å². The highest BCUT2D eigenvalue weighted by Gasteiger charge is 2.04. The summed E-state index contributed by atoms with van der Waals surface area (Å²) < 4.78 is 7.61. The fraction of sp³-hybridized carbons (Fsp3) is 0.176. The Morgan fingerprint density at radius 1 is 1.00 bits per heavy atom. The second kappa shape index (κ2) is 6.22. The van der Waals surface area contributed by atoms with Crippen LogP contribution in [0.25, 0.3) is 11.4 Å². The Balaban J connectivity index is 1.66. The van der Waals surface area contributed by atoms with Crippen LogP contribution >= 0.6 is 0 Å². The molecule has 0 saturated carbocycles. The first-order valence-corrected chi connectivity index (χ1v) is 7.02. The molecule has 0 aliphatic rings. The van der Waals surface area contributed by atoms with Crippen LogP contribution in [0, 0.1) is 0 Å². The monoisotopic (exact) mass is 279 g/mol. The summed E-state index contributed by atoms with van der Waals surface area (Å²) in [4.78, 5) is 4.41. The van der Waals surface area contributed by atoms with E-state index in [0.717, 1.165) is 29.2 Å². The van der Waals surface area contributed by atoms with Crippen molar-refractivity contribution in [2.24, 2.45) is 0 Å². The third-order valence-electron chi connectivity index (χ3n) is 3.21. The Labute approximate surface area is 124 Å². The van der Waals surface area contributed by atoms with Gasteiger partial charge >= 0.3 is 0 Å². The molecule has 3 aromatic rings. The summed E-state index contributed by atoms with van der Waals surface area (Å²) in [7, 11) is 0. The molecule has 0 bridgehead atoms. The van der Waals surface area contributed by atoms with Crippen LogP contribution < -0.4 is 4.74 Å². The summed E-state index contributed by atoms with van der Waals surface area (Å²) in [6, 6.07) is 15.9. The van der Waals surface area contributed by atoms with Gasteiger partial charge in [-0.2, -0.15) is 5.10 Å². The predicted octanol–water partition coefficient (Wildman–Crippen LogP) is 3.54. The van der Waals surface area contributed by atoms with Gasteiger partial charge in [0.05, 0.1) is 11.9 Å². The van der Waals surface area contributed by atoms with Gasteiger partial charge in [0, 0.05) is 12.7 Å². The van der Waals surface area contributed by atoms with E-state index >= 15 is 0 Å². The molecule has 0 aliphatic heterocycles. The number of rotatable bonds is 5. The number of nitrogens with zero attached hydrogens (tertiary/aromatic N) is 3. The molecule has 0 spiro atoms. The van der Waals surface area contributed by atoms with Crippen LogP contribution in [-0.4, -0.2) is 14.8 Å². The number of hydrogen-bond donors (Lipinski definition) is 0. The number of hydrogen-bond acceptors (Lipinski definition) is 3. The van der Waals surface area contributed by atoms with Crippen molar-refractivity contribution in [2.45, 2.75) is 20.1 Å². The van der Waals surface area contributed by atoms with Gasteiger partial charge in [-0.05, 0) is 30.7 Å². The number of benzene rings is 1. The molecule has 106 valence electrons.